The Morgan fingerprint density at radius 3 is 2.73 bits per heavy atom. The van der Waals surface area contributed by atoms with Crippen LogP contribution in [0.4, 0.5) is 0 Å². The monoisotopic (exact) mass is 365 g/mol. The average Bonchev–Trinajstić information content (AvgIpc) is 3.09. The van der Waals surface area contributed by atoms with E-state index in [-0.39, 0.29) is 12.3 Å². The van der Waals surface area contributed by atoms with Crippen molar-refractivity contribution in [3.05, 3.63) is 11.7 Å². The lowest BCUT2D eigenvalue weighted by molar-refractivity contribution is -0.137. The number of aromatic nitrogens is 2. The highest BCUT2D eigenvalue weighted by Crippen LogP contribution is 2.31. The number of carboxylic acids is 1. The summed E-state index contributed by atoms with van der Waals surface area (Å²) in [6.45, 7) is 6.88. The van der Waals surface area contributed by atoms with Gasteiger partial charge in [0.2, 0.25) is 5.89 Å². The summed E-state index contributed by atoms with van der Waals surface area (Å²) in [6.07, 6.45) is 10.9. The first kappa shape index (κ1) is 20.9. The Morgan fingerprint density at radius 1 is 1.31 bits per heavy atom. The van der Waals surface area contributed by atoms with Crippen LogP contribution in [-0.2, 0) is 11.3 Å². The van der Waals surface area contributed by atoms with Crippen LogP contribution in [0.2, 0.25) is 0 Å². The van der Waals surface area contributed by atoms with Crippen LogP contribution in [0.1, 0.15) is 95.7 Å². The highest BCUT2D eigenvalue weighted by atomic mass is 16.5. The lowest BCUT2D eigenvalue weighted by atomic mass is 9.84. The Bertz CT molecular complexity index is 526. The molecule has 1 heterocycles. The van der Waals surface area contributed by atoms with Crippen molar-refractivity contribution in [3.63, 3.8) is 0 Å². The smallest absolute Gasteiger partial charge is 0.304 e. The summed E-state index contributed by atoms with van der Waals surface area (Å²) in [6, 6.07) is 0. The number of aliphatic carboxylic acids is 1. The Labute approximate surface area is 157 Å². The van der Waals surface area contributed by atoms with Crippen LogP contribution in [0.3, 0.4) is 0 Å². The summed E-state index contributed by atoms with van der Waals surface area (Å²) in [4.78, 5) is 18.0. The van der Waals surface area contributed by atoms with E-state index in [0.717, 1.165) is 38.3 Å². The molecule has 1 aliphatic rings. The molecule has 6 heteroatoms. The molecule has 1 unspecified atom stereocenters. The minimum absolute atomic E-state index is 0.0682. The van der Waals surface area contributed by atoms with Crippen LogP contribution in [0, 0.1) is 5.92 Å². The average molecular weight is 366 g/mol. The van der Waals surface area contributed by atoms with Crippen molar-refractivity contribution in [3.8, 4) is 0 Å². The fraction of sp³-hybridized carbons (Fsp3) is 0.850. The van der Waals surface area contributed by atoms with Gasteiger partial charge in [-0.25, -0.2) is 0 Å². The maximum absolute atomic E-state index is 11.3. The second-order valence-electron chi connectivity index (χ2n) is 7.65. The number of hydrogen-bond acceptors (Lipinski definition) is 5. The van der Waals surface area contributed by atoms with E-state index >= 15 is 0 Å². The zero-order valence-corrected chi connectivity index (χ0v) is 16.5. The number of carbonyl (C=O) groups is 1. The predicted molar refractivity (Wildman–Crippen MR) is 101 cm³/mol. The summed E-state index contributed by atoms with van der Waals surface area (Å²) in [7, 11) is 0. The molecule has 0 amide bonds. The van der Waals surface area contributed by atoms with E-state index in [9.17, 15) is 9.90 Å². The number of carboxylic acid groups (broad SMARTS) is 1. The van der Waals surface area contributed by atoms with E-state index in [1.165, 1.54) is 38.5 Å². The van der Waals surface area contributed by atoms with Crippen molar-refractivity contribution in [2.24, 2.45) is 5.92 Å². The topological polar surface area (TPSA) is 79.5 Å². The van der Waals surface area contributed by atoms with E-state index in [1.54, 1.807) is 0 Å². The summed E-state index contributed by atoms with van der Waals surface area (Å²) >= 11 is 0. The van der Waals surface area contributed by atoms with Crippen molar-refractivity contribution >= 4 is 5.97 Å². The molecule has 0 spiro atoms. The Kier molecular flexibility index (Phi) is 9.09. The van der Waals surface area contributed by atoms with Gasteiger partial charge in [0.25, 0.3) is 0 Å². The Morgan fingerprint density at radius 2 is 2.08 bits per heavy atom. The van der Waals surface area contributed by atoms with E-state index in [0.29, 0.717) is 18.3 Å². The van der Waals surface area contributed by atoms with E-state index < -0.39 is 5.97 Å². The van der Waals surface area contributed by atoms with Gasteiger partial charge < -0.3 is 9.63 Å². The van der Waals surface area contributed by atoms with Gasteiger partial charge in [-0.1, -0.05) is 63.9 Å². The first-order valence-corrected chi connectivity index (χ1v) is 10.4. The minimum Gasteiger partial charge on any atom is -0.481 e. The minimum atomic E-state index is -0.798. The van der Waals surface area contributed by atoms with Crippen LogP contribution in [-0.4, -0.2) is 39.2 Å². The number of nitrogens with zero attached hydrogens (tertiary/aromatic N) is 3. The molecular formula is C20H35N3O3. The third-order valence-corrected chi connectivity index (χ3v) is 5.50. The van der Waals surface area contributed by atoms with Gasteiger partial charge in [-0.3, -0.25) is 9.69 Å². The molecule has 1 aromatic rings. The second kappa shape index (κ2) is 11.3. The molecule has 1 aromatic heterocycles. The standard InChI is InChI=1S/C20H35N3O3/c1-3-13-23(4-2)15-18-21-20(26-22-18)17(14-19(24)25)12-8-11-16-9-6-5-7-10-16/h16-17H,3-15H2,1-2H3,(H,24,25). The molecule has 6 nitrogen and oxygen atoms in total. The van der Waals surface area contributed by atoms with Crippen molar-refractivity contribution < 1.29 is 14.4 Å². The van der Waals surface area contributed by atoms with Crippen molar-refractivity contribution in [1.29, 1.82) is 0 Å². The maximum atomic E-state index is 11.3. The van der Waals surface area contributed by atoms with Crippen molar-refractivity contribution in [2.45, 2.75) is 90.5 Å². The lowest BCUT2D eigenvalue weighted by Gasteiger charge is -2.21. The summed E-state index contributed by atoms with van der Waals surface area (Å²) in [5, 5.41) is 13.3. The lowest BCUT2D eigenvalue weighted by Crippen LogP contribution is -2.24. The molecule has 1 fully saturated rings. The molecule has 1 saturated carbocycles. The third kappa shape index (κ3) is 7.06. The van der Waals surface area contributed by atoms with Gasteiger partial charge in [0.05, 0.1) is 13.0 Å². The second-order valence-corrected chi connectivity index (χ2v) is 7.65. The highest BCUT2D eigenvalue weighted by Gasteiger charge is 2.23. The van der Waals surface area contributed by atoms with Gasteiger partial charge in [0, 0.05) is 5.92 Å². The number of rotatable bonds is 12. The molecule has 1 N–H and O–H groups in total. The fourth-order valence-corrected chi connectivity index (χ4v) is 4.02. The van der Waals surface area contributed by atoms with Crippen LogP contribution >= 0.6 is 0 Å². The fourth-order valence-electron chi connectivity index (χ4n) is 4.02. The molecular weight excluding hydrogens is 330 g/mol. The molecule has 0 radical (unpaired) electrons. The zero-order valence-electron chi connectivity index (χ0n) is 16.5. The predicted octanol–water partition coefficient (Wildman–Crippen LogP) is 4.61. The largest absolute Gasteiger partial charge is 0.481 e. The van der Waals surface area contributed by atoms with E-state index in [1.807, 2.05) is 0 Å². The summed E-state index contributed by atoms with van der Waals surface area (Å²) in [5.41, 5.74) is 0. The first-order valence-electron chi connectivity index (χ1n) is 10.4. The third-order valence-electron chi connectivity index (χ3n) is 5.50. The van der Waals surface area contributed by atoms with Gasteiger partial charge in [-0.15, -0.1) is 0 Å². The zero-order chi connectivity index (χ0) is 18.8. The van der Waals surface area contributed by atoms with Crippen LogP contribution in [0.5, 0.6) is 0 Å². The molecule has 1 aliphatic carbocycles. The van der Waals surface area contributed by atoms with Crippen molar-refractivity contribution in [1.82, 2.24) is 15.0 Å². The van der Waals surface area contributed by atoms with Crippen molar-refractivity contribution in [2.75, 3.05) is 13.1 Å². The van der Waals surface area contributed by atoms with Gasteiger partial charge in [0.1, 0.15) is 0 Å². The Hall–Kier alpha value is -1.43. The normalized spacial score (nSPS) is 16.9. The molecule has 26 heavy (non-hydrogen) atoms. The number of hydrogen-bond donors (Lipinski definition) is 1. The SMILES string of the molecule is CCCN(CC)Cc1noc(C(CCCC2CCCCC2)CC(=O)O)n1. The van der Waals surface area contributed by atoms with Gasteiger partial charge >= 0.3 is 5.97 Å². The summed E-state index contributed by atoms with van der Waals surface area (Å²) in [5.74, 6) is 1.02. The summed E-state index contributed by atoms with van der Waals surface area (Å²) < 4.78 is 5.44. The molecule has 2 rings (SSSR count). The van der Waals surface area contributed by atoms with Gasteiger partial charge in [-0.05, 0) is 31.8 Å². The highest BCUT2D eigenvalue weighted by molar-refractivity contribution is 5.67. The molecule has 0 aromatic carbocycles. The van der Waals surface area contributed by atoms with Gasteiger partial charge in [0.15, 0.2) is 5.82 Å². The molecule has 0 saturated heterocycles. The Balaban J connectivity index is 1.89. The maximum Gasteiger partial charge on any atom is 0.304 e. The first-order chi connectivity index (χ1) is 12.6. The molecule has 0 bridgehead atoms. The molecule has 1 atom stereocenters. The molecule has 0 aliphatic heterocycles. The van der Waals surface area contributed by atoms with Crippen LogP contribution in [0.25, 0.3) is 0 Å². The van der Waals surface area contributed by atoms with Crippen LogP contribution in [0.15, 0.2) is 4.52 Å². The van der Waals surface area contributed by atoms with E-state index in [2.05, 4.69) is 28.9 Å². The van der Waals surface area contributed by atoms with E-state index in [4.69, 9.17) is 4.52 Å². The van der Waals surface area contributed by atoms with Crippen LogP contribution < -0.4 is 0 Å². The quantitative estimate of drug-likeness (QED) is 0.582. The van der Waals surface area contributed by atoms with Gasteiger partial charge in [-0.2, -0.15) is 4.98 Å². The molecule has 148 valence electrons.